The number of fused-ring (bicyclic) bond motifs is 1. The van der Waals surface area contributed by atoms with Gasteiger partial charge in [0.05, 0.1) is 15.8 Å². The smallest absolute Gasteiger partial charge is 0.475 e. The summed E-state index contributed by atoms with van der Waals surface area (Å²) in [6.07, 6.45) is -4.73. The van der Waals surface area contributed by atoms with Crippen LogP contribution >= 0.6 is 11.3 Å². The molecule has 0 radical (unpaired) electrons. The Morgan fingerprint density at radius 2 is 1.80 bits per heavy atom. The molecule has 0 aliphatic rings. The number of aromatic amines is 1. The molecular weight excluding hydrogens is 603 g/mol. The molecular formula is C19H20F3N9O6S3. The summed E-state index contributed by atoms with van der Waals surface area (Å²) in [5.74, 6) is -2.92. The van der Waals surface area contributed by atoms with Gasteiger partial charge in [0, 0.05) is 12.1 Å². The molecule has 40 heavy (non-hydrogen) atoms. The molecule has 0 fully saturated rings. The zero-order chi connectivity index (χ0) is 29.9. The number of nitrogens with zero attached hydrogens (tertiary/aromatic N) is 4. The number of H-pyrrole nitrogens is 1. The van der Waals surface area contributed by atoms with Gasteiger partial charge in [-0.2, -0.15) is 18.4 Å². The van der Waals surface area contributed by atoms with Gasteiger partial charge in [-0.05, 0) is 35.9 Å². The molecule has 9 N–H and O–H groups in total. The maximum absolute atomic E-state index is 13.0. The van der Waals surface area contributed by atoms with Crippen molar-refractivity contribution in [2.75, 3.05) is 18.8 Å². The fourth-order valence-corrected chi connectivity index (χ4v) is 6.78. The second kappa shape index (κ2) is 11.8. The number of nitrogens with two attached hydrogens (primary N) is 3. The first kappa shape index (κ1) is 30.8. The lowest BCUT2D eigenvalue weighted by Crippen LogP contribution is -2.29. The highest BCUT2D eigenvalue weighted by Gasteiger charge is 2.38. The van der Waals surface area contributed by atoms with E-state index in [9.17, 15) is 30.0 Å². The van der Waals surface area contributed by atoms with Crippen LogP contribution in [0.4, 0.5) is 18.3 Å². The number of alkyl halides is 3. The molecule has 4 aromatic rings. The maximum Gasteiger partial charge on any atom is 0.490 e. The number of halogens is 3. The van der Waals surface area contributed by atoms with Gasteiger partial charge in [-0.1, -0.05) is 29.5 Å². The van der Waals surface area contributed by atoms with Gasteiger partial charge in [-0.3, -0.25) is 0 Å². The van der Waals surface area contributed by atoms with E-state index >= 15 is 0 Å². The number of tetrazole rings is 1. The number of aromatic nitrogens is 5. The molecule has 0 unspecified atom stereocenters. The molecule has 4 rings (SSSR count). The molecule has 216 valence electrons. The Labute approximate surface area is 227 Å². The van der Waals surface area contributed by atoms with E-state index < -0.39 is 42.0 Å². The van der Waals surface area contributed by atoms with Gasteiger partial charge in [0.1, 0.15) is 9.79 Å². The molecule has 2 aromatic heterocycles. The summed E-state index contributed by atoms with van der Waals surface area (Å²) in [6, 6.07) is 7.85. The first-order valence-corrected chi connectivity index (χ1v) is 14.5. The van der Waals surface area contributed by atoms with E-state index in [1.807, 2.05) is 6.07 Å². The Balaban J connectivity index is 0.000000559. The maximum atomic E-state index is 13.0. The minimum atomic E-state index is -5.08. The lowest BCUT2D eigenvalue weighted by Gasteiger charge is -2.16. The van der Waals surface area contributed by atoms with Crippen molar-refractivity contribution in [1.29, 1.82) is 0 Å². The molecule has 0 aliphatic heterocycles. The second-order valence-electron chi connectivity index (χ2n) is 7.64. The Morgan fingerprint density at radius 1 is 1.12 bits per heavy atom. The summed E-state index contributed by atoms with van der Waals surface area (Å²) >= 11 is 1.25. The van der Waals surface area contributed by atoms with Crippen LogP contribution in [0.25, 0.3) is 32.7 Å². The van der Waals surface area contributed by atoms with E-state index in [1.54, 1.807) is 12.1 Å². The van der Waals surface area contributed by atoms with Gasteiger partial charge >= 0.3 is 12.1 Å². The Bertz CT molecular complexity index is 1740. The molecule has 15 nitrogen and oxygen atoms in total. The predicted octanol–water partition coefficient (Wildman–Crippen LogP) is 0.633. The van der Waals surface area contributed by atoms with Gasteiger partial charge in [0.25, 0.3) is 0 Å². The lowest BCUT2D eigenvalue weighted by atomic mass is 9.98. The zero-order valence-corrected chi connectivity index (χ0v) is 22.3. The minimum absolute atomic E-state index is 0.0135. The highest BCUT2D eigenvalue weighted by Crippen LogP contribution is 2.41. The van der Waals surface area contributed by atoms with Crippen LogP contribution < -0.4 is 21.3 Å². The number of aliphatic carboxylic acids is 1. The van der Waals surface area contributed by atoms with Crippen molar-refractivity contribution in [2.24, 2.45) is 10.9 Å². The van der Waals surface area contributed by atoms with Gasteiger partial charge in [0.15, 0.2) is 5.13 Å². The number of carboxylic acids is 1. The van der Waals surface area contributed by atoms with Crippen LogP contribution in [0.15, 0.2) is 40.1 Å². The molecule has 0 amide bonds. The molecule has 2 heterocycles. The molecule has 0 bridgehead atoms. The molecule has 0 saturated carbocycles. The number of nitrogen functional groups attached to an aromatic ring is 1. The number of benzene rings is 2. The number of hydrogen-bond donors (Lipinski definition) is 6. The van der Waals surface area contributed by atoms with E-state index in [1.165, 1.54) is 17.4 Å². The van der Waals surface area contributed by atoms with E-state index in [0.717, 1.165) is 10.8 Å². The summed E-state index contributed by atoms with van der Waals surface area (Å²) < 4.78 is 86.3. The summed E-state index contributed by atoms with van der Waals surface area (Å²) in [7, 11) is -8.87. The van der Waals surface area contributed by atoms with Gasteiger partial charge in [0.2, 0.25) is 25.9 Å². The monoisotopic (exact) mass is 623 g/mol. The van der Waals surface area contributed by atoms with Crippen LogP contribution in [-0.2, 0) is 24.8 Å². The summed E-state index contributed by atoms with van der Waals surface area (Å²) in [5, 5.41) is 26.5. The molecule has 0 saturated heterocycles. The summed E-state index contributed by atoms with van der Waals surface area (Å²) in [6.45, 7) is 0.262. The van der Waals surface area contributed by atoms with Gasteiger partial charge in [-0.15, -0.1) is 10.2 Å². The van der Waals surface area contributed by atoms with Crippen LogP contribution in [0.1, 0.15) is 6.42 Å². The number of thiazole rings is 1. The largest absolute Gasteiger partial charge is 0.490 e. The first-order valence-electron chi connectivity index (χ1n) is 10.7. The number of anilines is 1. The second-order valence-corrected chi connectivity index (χ2v) is 11.9. The summed E-state index contributed by atoms with van der Waals surface area (Å²) in [4.78, 5) is 12.0. The topological polar surface area (TPSA) is 263 Å². The fraction of sp³-hybridized carbons (Fsp3) is 0.211. The summed E-state index contributed by atoms with van der Waals surface area (Å²) in [5.41, 5.74) is 12.4. The van der Waals surface area contributed by atoms with E-state index in [-0.39, 0.29) is 30.0 Å². The van der Waals surface area contributed by atoms with E-state index in [4.69, 9.17) is 26.5 Å². The third kappa shape index (κ3) is 6.86. The predicted molar refractivity (Wildman–Crippen MR) is 137 cm³/mol. The van der Waals surface area contributed by atoms with Crippen LogP contribution in [0.3, 0.4) is 0 Å². The number of carbonyl (C=O) groups is 1. The third-order valence-electron chi connectivity index (χ3n) is 4.91. The first-order chi connectivity index (χ1) is 18.6. The average molecular weight is 624 g/mol. The number of para-hydroxylation sites is 1. The molecule has 2 aromatic carbocycles. The molecule has 0 atom stereocenters. The lowest BCUT2D eigenvalue weighted by molar-refractivity contribution is -0.192. The Morgan fingerprint density at radius 3 is 2.35 bits per heavy atom. The van der Waals surface area contributed by atoms with Gasteiger partial charge < -0.3 is 16.6 Å². The van der Waals surface area contributed by atoms with Crippen LogP contribution in [0.5, 0.6) is 0 Å². The van der Waals surface area contributed by atoms with Crippen LogP contribution in [0, 0.1) is 0 Å². The number of hydrogen-bond acceptors (Lipinski definition) is 12. The van der Waals surface area contributed by atoms with Gasteiger partial charge in [-0.25, -0.2) is 36.5 Å². The third-order valence-corrected chi connectivity index (χ3v) is 8.38. The standard InChI is InChI=1S/C17H19N9O4S3.C2HF3O2/c18-7-2-8-21-33(29,30)12-6-5-9(10-3-1-4-11-14(10)22-17(19)31-11)13(15(12)32(20,27)28)16-23-25-26-24-16;3-2(4,5)1(6)7/h1,3-6,21H,2,7-8,18H2,(H2,19,22)(H2,20,27,28)(H,23,24,25,26);(H,6,7). The number of carboxylic acid groups (broad SMARTS) is 1. The minimum Gasteiger partial charge on any atom is -0.475 e. The van der Waals surface area contributed by atoms with Crippen molar-refractivity contribution < 1.29 is 39.9 Å². The number of nitrogens with one attached hydrogen (secondary N) is 2. The fourth-order valence-electron chi connectivity index (χ4n) is 3.34. The van der Waals surface area contributed by atoms with E-state index in [0.29, 0.717) is 22.6 Å². The molecule has 0 spiro atoms. The van der Waals surface area contributed by atoms with E-state index in [2.05, 4.69) is 30.3 Å². The number of primary sulfonamides is 1. The molecule has 21 heteroatoms. The van der Waals surface area contributed by atoms with Crippen molar-refractivity contribution in [3.8, 4) is 22.5 Å². The van der Waals surface area contributed by atoms with Crippen molar-refractivity contribution in [3.05, 3.63) is 30.3 Å². The highest BCUT2D eigenvalue weighted by atomic mass is 32.2. The van der Waals surface area contributed by atoms with Crippen molar-refractivity contribution in [2.45, 2.75) is 22.4 Å². The Kier molecular flexibility index (Phi) is 9.06. The average Bonchev–Trinajstić information content (AvgIpc) is 3.51. The highest BCUT2D eigenvalue weighted by molar-refractivity contribution is 7.92. The van der Waals surface area contributed by atoms with Crippen molar-refractivity contribution in [3.63, 3.8) is 0 Å². The normalized spacial score (nSPS) is 12.2. The van der Waals surface area contributed by atoms with Crippen molar-refractivity contribution >= 4 is 52.7 Å². The SMILES string of the molecule is NCCCNS(=O)(=O)c1ccc(-c2cccc3sc(N)nc23)c(-c2nn[nH]n2)c1S(N)(=O)=O.O=C(O)C(F)(F)F. The van der Waals surface area contributed by atoms with Crippen LogP contribution in [0.2, 0.25) is 0 Å². The van der Waals surface area contributed by atoms with Crippen molar-refractivity contribution in [1.82, 2.24) is 30.3 Å². The zero-order valence-electron chi connectivity index (χ0n) is 19.9. The molecule has 0 aliphatic carbocycles. The number of sulfonamides is 2. The van der Waals surface area contributed by atoms with Crippen LogP contribution in [-0.4, -0.2) is 72.8 Å². The number of rotatable bonds is 8. The Hall–Kier alpha value is -3.76. The quantitative estimate of drug-likeness (QED) is 0.148.